The van der Waals surface area contributed by atoms with Crippen LogP contribution in [0, 0.1) is 6.92 Å². The number of benzene rings is 1. The molecule has 0 atom stereocenters. The van der Waals surface area contributed by atoms with Crippen molar-refractivity contribution < 1.29 is 0 Å². The molecule has 2 nitrogen and oxygen atoms in total. The Morgan fingerprint density at radius 2 is 2.23 bits per heavy atom. The predicted octanol–water partition coefficient (Wildman–Crippen LogP) is 3.04. The molecule has 0 aliphatic rings. The number of halogens is 1. The highest BCUT2D eigenvalue weighted by Crippen LogP contribution is 2.27. The van der Waals surface area contributed by atoms with Gasteiger partial charge < -0.3 is 0 Å². The maximum absolute atomic E-state index is 6.08. The van der Waals surface area contributed by atoms with Gasteiger partial charge in [0.05, 0.1) is 6.20 Å². The zero-order valence-corrected chi connectivity index (χ0v) is 7.97. The van der Waals surface area contributed by atoms with E-state index < -0.39 is 0 Å². The first-order valence-corrected chi connectivity index (χ1v) is 4.40. The SMILES string of the molecule is Cc1ccc(-c2cn[nH]c2)c(Cl)c1. The van der Waals surface area contributed by atoms with Gasteiger partial charge in [-0.15, -0.1) is 0 Å². The second-order valence-electron chi connectivity index (χ2n) is 2.97. The number of rotatable bonds is 1. The summed E-state index contributed by atoms with van der Waals surface area (Å²) >= 11 is 6.08. The maximum atomic E-state index is 6.08. The third-order valence-electron chi connectivity index (χ3n) is 1.93. The number of H-pyrrole nitrogens is 1. The fourth-order valence-corrected chi connectivity index (χ4v) is 1.60. The molecule has 1 aromatic carbocycles. The molecule has 0 fully saturated rings. The Labute approximate surface area is 81.6 Å². The summed E-state index contributed by atoms with van der Waals surface area (Å²) in [6, 6.07) is 5.99. The molecule has 0 spiro atoms. The molecule has 2 rings (SSSR count). The lowest BCUT2D eigenvalue weighted by Crippen LogP contribution is -1.78. The molecule has 0 radical (unpaired) electrons. The lowest BCUT2D eigenvalue weighted by Gasteiger charge is -2.01. The van der Waals surface area contributed by atoms with Crippen molar-refractivity contribution in [3.63, 3.8) is 0 Å². The van der Waals surface area contributed by atoms with Crippen LogP contribution >= 0.6 is 11.6 Å². The third kappa shape index (κ3) is 1.58. The highest BCUT2D eigenvalue weighted by atomic mass is 35.5. The van der Waals surface area contributed by atoms with Gasteiger partial charge in [0.1, 0.15) is 0 Å². The summed E-state index contributed by atoms with van der Waals surface area (Å²) in [6.45, 7) is 2.02. The van der Waals surface area contributed by atoms with Crippen LogP contribution in [-0.4, -0.2) is 10.2 Å². The number of hydrogen-bond donors (Lipinski definition) is 1. The molecule has 0 saturated carbocycles. The van der Waals surface area contributed by atoms with Crippen molar-refractivity contribution in [1.29, 1.82) is 0 Å². The second-order valence-corrected chi connectivity index (χ2v) is 3.38. The Balaban J connectivity index is 2.53. The lowest BCUT2D eigenvalue weighted by molar-refractivity contribution is 1.09. The number of aromatic nitrogens is 2. The van der Waals surface area contributed by atoms with Gasteiger partial charge in [0, 0.05) is 22.3 Å². The minimum absolute atomic E-state index is 0.765. The summed E-state index contributed by atoms with van der Waals surface area (Å²) in [5.74, 6) is 0. The standard InChI is InChI=1S/C10H9ClN2/c1-7-2-3-9(10(11)4-7)8-5-12-13-6-8/h2-6H,1H3,(H,12,13). The molecule has 0 saturated heterocycles. The first kappa shape index (κ1) is 8.32. The molecule has 1 N–H and O–H groups in total. The Morgan fingerprint density at radius 1 is 1.38 bits per heavy atom. The fraction of sp³-hybridized carbons (Fsp3) is 0.100. The zero-order chi connectivity index (χ0) is 9.26. The van der Waals surface area contributed by atoms with Crippen molar-refractivity contribution in [3.05, 3.63) is 41.2 Å². The van der Waals surface area contributed by atoms with Gasteiger partial charge in [-0.05, 0) is 18.6 Å². The van der Waals surface area contributed by atoms with E-state index in [0.29, 0.717) is 0 Å². The number of aryl methyl sites for hydroxylation is 1. The molecule has 0 aliphatic carbocycles. The smallest absolute Gasteiger partial charge is 0.0566 e. The third-order valence-corrected chi connectivity index (χ3v) is 2.25. The van der Waals surface area contributed by atoms with Gasteiger partial charge in [-0.2, -0.15) is 5.10 Å². The maximum Gasteiger partial charge on any atom is 0.0566 e. The van der Waals surface area contributed by atoms with Crippen LogP contribution in [0.15, 0.2) is 30.6 Å². The van der Waals surface area contributed by atoms with Crippen LogP contribution in [0.1, 0.15) is 5.56 Å². The van der Waals surface area contributed by atoms with Gasteiger partial charge in [0.15, 0.2) is 0 Å². The van der Waals surface area contributed by atoms with E-state index in [2.05, 4.69) is 10.2 Å². The fourth-order valence-electron chi connectivity index (χ4n) is 1.25. The highest BCUT2D eigenvalue weighted by molar-refractivity contribution is 6.33. The van der Waals surface area contributed by atoms with Gasteiger partial charge in [0.25, 0.3) is 0 Å². The lowest BCUT2D eigenvalue weighted by atomic mass is 10.1. The van der Waals surface area contributed by atoms with E-state index in [4.69, 9.17) is 11.6 Å². The van der Waals surface area contributed by atoms with Crippen molar-refractivity contribution in [1.82, 2.24) is 10.2 Å². The van der Waals surface area contributed by atoms with Crippen LogP contribution in [0.3, 0.4) is 0 Å². The van der Waals surface area contributed by atoms with E-state index in [1.807, 2.05) is 31.3 Å². The van der Waals surface area contributed by atoms with Gasteiger partial charge >= 0.3 is 0 Å². The molecule has 13 heavy (non-hydrogen) atoms. The monoisotopic (exact) mass is 192 g/mol. The molecule has 3 heteroatoms. The van der Waals surface area contributed by atoms with Gasteiger partial charge in [0.2, 0.25) is 0 Å². The van der Waals surface area contributed by atoms with Gasteiger partial charge in [-0.3, -0.25) is 5.10 Å². The molecule has 0 bridgehead atoms. The number of nitrogens with zero attached hydrogens (tertiary/aromatic N) is 1. The van der Waals surface area contributed by atoms with Crippen LogP contribution in [0.5, 0.6) is 0 Å². The molecule has 0 aliphatic heterocycles. The summed E-state index contributed by atoms with van der Waals surface area (Å²) < 4.78 is 0. The average Bonchev–Trinajstić information content (AvgIpc) is 2.56. The Kier molecular flexibility index (Phi) is 2.07. The average molecular weight is 193 g/mol. The minimum Gasteiger partial charge on any atom is -0.285 e. The minimum atomic E-state index is 0.765. The summed E-state index contributed by atoms with van der Waals surface area (Å²) in [6.07, 6.45) is 3.59. The Bertz CT molecular complexity index is 407. The zero-order valence-electron chi connectivity index (χ0n) is 7.21. The largest absolute Gasteiger partial charge is 0.285 e. The first-order valence-electron chi connectivity index (χ1n) is 4.02. The van der Waals surface area contributed by atoms with Crippen LogP contribution in [-0.2, 0) is 0 Å². The first-order chi connectivity index (χ1) is 6.27. The quantitative estimate of drug-likeness (QED) is 0.739. The molecule has 0 amide bonds. The van der Waals surface area contributed by atoms with Crippen LogP contribution in [0.4, 0.5) is 0 Å². The Hall–Kier alpha value is -1.28. The molecular weight excluding hydrogens is 184 g/mol. The number of nitrogens with one attached hydrogen (secondary N) is 1. The van der Waals surface area contributed by atoms with Crippen LogP contribution in [0.2, 0.25) is 5.02 Å². The molecule has 66 valence electrons. The van der Waals surface area contributed by atoms with Crippen molar-refractivity contribution in [3.8, 4) is 11.1 Å². The summed E-state index contributed by atoms with van der Waals surface area (Å²) in [5.41, 5.74) is 3.20. The van der Waals surface area contributed by atoms with Gasteiger partial charge in [-0.1, -0.05) is 23.7 Å². The van der Waals surface area contributed by atoms with Crippen molar-refractivity contribution in [2.75, 3.05) is 0 Å². The van der Waals surface area contributed by atoms with E-state index >= 15 is 0 Å². The van der Waals surface area contributed by atoms with Crippen molar-refractivity contribution in [2.45, 2.75) is 6.92 Å². The Morgan fingerprint density at radius 3 is 2.85 bits per heavy atom. The van der Waals surface area contributed by atoms with Crippen LogP contribution in [0.25, 0.3) is 11.1 Å². The molecule has 1 aromatic heterocycles. The van der Waals surface area contributed by atoms with E-state index in [-0.39, 0.29) is 0 Å². The molecule has 2 aromatic rings. The van der Waals surface area contributed by atoms with E-state index in [1.54, 1.807) is 6.20 Å². The van der Waals surface area contributed by atoms with E-state index in [9.17, 15) is 0 Å². The highest BCUT2D eigenvalue weighted by Gasteiger charge is 2.03. The van der Waals surface area contributed by atoms with Crippen molar-refractivity contribution >= 4 is 11.6 Å². The molecule has 1 heterocycles. The van der Waals surface area contributed by atoms with E-state index in [0.717, 1.165) is 21.7 Å². The summed E-state index contributed by atoms with van der Waals surface area (Å²) in [4.78, 5) is 0. The van der Waals surface area contributed by atoms with Crippen molar-refractivity contribution in [2.24, 2.45) is 0 Å². The number of hydrogen-bond acceptors (Lipinski definition) is 1. The normalized spacial score (nSPS) is 10.3. The molecular formula is C10H9ClN2. The topological polar surface area (TPSA) is 28.7 Å². The molecule has 0 unspecified atom stereocenters. The van der Waals surface area contributed by atoms with E-state index in [1.165, 1.54) is 0 Å². The second kappa shape index (κ2) is 3.23. The van der Waals surface area contributed by atoms with Gasteiger partial charge in [-0.25, -0.2) is 0 Å². The van der Waals surface area contributed by atoms with Crippen LogP contribution < -0.4 is 0 Å². The number of aromatic amines is 1. The summed E-state index contributed by atoms with van der Waals surface area (Å²) in [7, 11) is 0. The predicted molar refractivity (Wildman–Crippen MR) is 53.8 cm³/mol. The summed E-state index contributed by atoms with van der Waals surface area (Å²) in [5, 5.41) is 7.41.